The first kappa shape index (κ1) is 26.9. The van der Waals surface area contributed by atoms with Crippen molar-refractivity contribution in [1.82, 2.24) is 14.8 Å². The number of phenols is 1. The molecule has 6 heteroatoms. The number of benzene rings is 1. The zero-order chi connectivity index (χ0) is 28.3. The van der Waals surface area contributed by atoms with Gasteiger partial charge in [-0.05, 0) is 119 Å². The minimum absolute atomic E-state index is 0.0253. The van der Waals surface area contributed by atoms with Crippen LogP contribution in [0.15, 0.2) is 59.1 Å². The van der Waals surface area contributed by atoms with Gasteiger partial charge in [0.15, 0.2) is 0 Å². The van der Waals surface area contributed by atoms with Gasteiger partial charge in [0.2, 0.25) is 0 Å². The Morgan fingerprint density at radius 3 is 2.76 bits per heavy atom. The number of aromatic nitrogens is 1. The van der Waals surface area contributed by atoms with E-state index in [9.17, 15) is 10.2 Å². The summed E-state index contributed by atoms with van der Waals surface area (Å²) in [6.07, 6.45) is 23.8. The molecule has 6 nitrogen and oxygen atoms in total. The molecule has 6 atom stereocenters. The summed E-state index contributed by atoms with van der Waals surface area (Å²) in [6.45, 7) is 5.14. The number of nitrogens with one attached hydrogen (secondary N) is 1. The number of nitrogens with zero attached hydrogens (tertiary/aromatic N) is 3. The maximum atomic E-state index is 13.1. The lowest BCUT2D eigenvalue weighted by molar-refractivity contribution is -0.0948. The Kier molecular flexibility index (Phi) is 6.73. The molecular formula is C36H46N4O2. The molecular weight excluding hydrogens is 520 g/mol. The number of para-hydroxylation sites is 1. The van der Waals surface area contributed by atoms with Gasteiger partial charge in [0.1, 0.15) is 5.75 Å². The molecule has 1 aliphatic carbocycles. The molecule has 0 amide bonds. The summed E-state index contributed by atoms with van der Waals surface area (Å²) in [7, 11) is 0. The topological polar surface area (TPSA) is 75.1 Å². The number of phenolic OH excluding ortho intramolecular Hbond substituents is 1. The highest BCUT2D eigenvalue weighted by atomic mass is 16.3. The highest BCUT2D eigenvalue weighted by molar-refractivity contribution is 6.16. The molecule has 6 heterocycles. The Labute approximate surface area is 249 Å². The second-order valence-corrected chi connectivity index (χ2v) is 13.9. The number of piperidine rings is 1. The van der Waals surface area contributed by atoms with Crippen LogP contribution >= 0.6 is 0 Å². The second-order valence-electron chi connectivity index (χ2n) is 13.9. The number of H-pyrrole nitrogens is 1. The summed E-state index contributed by atoms with van der Waals surface area (Å²) < 4.78 is 0. The number of hydrogen-bond donors (Lipinski definition) is 3. The Balaban J connectivity index is 1.31. The Morgan fingerprint density at radius 1 is 0.976 bits per heavy atom. The number of aliphatic hydroxyl groups is 1. The monoisotopic (exact) mass is 566 g/mol. The first-order valence-corrected chi connectivity index (χ1v) is 16.7. The van der Waals surface area contributed by atoms with Gasteiger partial charge < -0.3 is 20.1 Å². The van der Waals surface area contributed by atoms with Gasteiger partial charge in [-0.15, -0.1) is 0 Å². The van der Waals surface area contributed by atoms with Gasteiger partial charge in [-0.1, -0.05) is 36.4 Å². The van der Waals surface area contributed by atoms with Crippen LogP contribution in [0.3, 0.4) is 0 Å². The minimum atomic E-state index is -0.927. The van der Waals surface area contributed by atoms with Crippen LogP contribution in [-0.4, -0.2) is 81.1 Å². The maximum Gasteiger partial charge on any atom is 0.139 e. The molecule has 2 fully saturated rings. The lowest BCUT2D eigenvalue weighted by Crippen LogP contribution is -2.66. The molecule has 0 radical (unpaired) electrons. The number of aliphatic imine (C=N–C) groups is 1. The van der Waals surface area contributed by atoms with Gasteiger partial charge in [-0.25, -0.2) is 0 Å². The SMILES string of the molecule is Oc1cccc2c3c([nH]c12)C(C1=C[C@@]2(O)CC/C=C\CCCCN4CC[C@@H]1[C@]1(C[C@@H]5/C=C\CCCCN5[C@H]12)C4)=NCC3. The van der Waals surface area contributed by atoms with Crippen LogP contribution in [0.1, 0.15) is 75.5 Å². The van der Waals surface area contributed by atoms with Gasteiger partial charge >= 0.3 is 0 Å². The molecule has 1 aromatic carbocycles. The molecule has 2 saturated heterocycles. The van der Waals surface area contributed by atoms with Gasteiger partial charge in [0.25, 0.3) is 0 Å². The van der Waals surface area contributed by atoms with E-state index in [1.54, 1.807) is 6.07 Å². The van der Waals surface area contributed by atoms with E-state index in [1.807, 2.05) is 6.07 Å². The van der Waals surface area contributed by atoms with E-state index < -0.39 is 5.60 Å². The van der Waals surface area contributed by atoms with E-state index in [0.717, 1.165) is 93.6 Å². The fraction of sp³-hybridized carbons (Fsp3) is 0.583. The Morgan fingerprint density at radius 2 is 1.83 bits per heavy atom. The lowest BCUT2D eigenvalue weighted by Gasteiger charge is -2.58. The predicted octanol–water partition coefficient (Wildman–Crippen LogP) is 5.90. The molecule has 8 rings (SSSR count). The van der Waals surface area contributed by atoms with E-state index in [0.29, 0.717) is 17.7 Å². The maximum absolute atomic E-state index is 13.1. The van der Waals surface area contributed by atoms with Gasteiger partial charge in [-0.3, -0.25) is 9.89 Å². The summed E-state index contributed by atoms with van der Waals surface area (Å²) >= 11 is 0. The number of aromatic hydroxyl groups is 1. The first-order valence-electron chi connectivity index (χ1n) is 16.7. The molecule has 1 spiro atoms. The number of aromatic amines is 1. The van der Waals surface area contributed by atoms with Gasteiger partial charge in [0, 0.05) is 29.9 Å². The van der Waals surface area contributed by atoms with E-state index in [4.69, 9.17) is 4.99 Å². The average Bonchev–Trinajstić information content (AvgIpc) is 3.50. The number of allylic oxidation sites excluding steroid dienone is 4. The van der Waals surface area contributed by atoms with Crippen molar-refractivity contribution in [3.8, 4) is 5.75 Å². The van der Waals surface area contributed by atoms with E-state index >= 15 is 0 Å². The van der Waals surface area contributed by atoms with Crippen molar-refractivity contribution in [2.45, 2.75) is 88.3 Å². The van der Waals surface area contributed by atoms with E-state index in [-0.39, 0.29) is 11.5 Å². The molecule has 3 bridgehead atoms. The minimum Gasteiger partial charge on any atom is -0.506 e. The van der Waals surface area contributed by atoms with Crippen LogP contribution in [0.25, 0.3) is 10.9 Å². The number of rotatable bonds is 1. The molecule has 5 aliphatic heterocycles. The van der Waals surface area contributed by atoms with Crippen LogP contribution in [0.4, 0.5) is 0 Å². The van der Waals surface area contributed by atoms with Crippen molar-refractivity contribution in [3.05, 3.63) is 65.4 Å². The zero-order valence-corrected chi connectivity index (χ0v) is 24.9. The van der Waals surface area contributed by atoms with Gasteiger partial charge in [0.05, 0.1) is 28.6 Å². The normalized spacial score (nSPS) is 38.4. The summed E-state index contributed by atoms with van der Waals surface area (Å²) in [5, 5.41) is 24.9. The summed E-state index contributed by atoms with van der Waals surface area (Å²) in [6, 6.07) is 6.32. The third-order valence-electron chi connectivity index (χ3n) is 11.5. The predicted molar refractivity (Wildman–Crippen MR) is 169 cm³/mol. The van der Waals surface area contributed by atoms with Gasteiger partial charge in [-0.2, -0.15) is 0 Å². The molecule has 1 aromatic heterocycles. The van der Waals surface area contributed by atoms with Crippen LogP contribution in [0.5, 0.6) is 5.75 Å². The lowest BCUT2D eigenvalue weighted by atomic mass is 9.54. The third-order valence-corrected chi connectivity index (χ3v) is 11.5. The fourth-order valence-electron chi connectivity index (χ4n) is 9.91. The van der Waals surface area contributed by atoms with Crippen LogP contribution in [0.2, 0.25) is 0 Å². The molecule has 42 heavy (non-hydrogen) atoms. The summed E-state index contributed by atoms with van der Waals surface area (Å²) in [5.41, 5.74) is 4.48. The summed E-state index contributed by atoms with van der Waals surface area (Å²) in [5.74, 6) is 0.648. The first-order chi connectivity index (χ1) is 20.6. The molecule has 0 saturated carbocycles. The van der Waals surface area contributed by atoms with Crippen molar-refractivity contribution in [1.29, 1.82) is 0 Å². The van der Waals surface area contributed by atoms with Crippen molar-refractivity contribution >= 4 is 16.6 Å². The van der Waals surface area contributed by atoms with Crippen LogP contribution < -0.4 is 0 Å². The standard InChI is InChI=1S/C36H46N4O2/c41-30-14-11-13-26-27-15-18-37-32(33(27)38-31(26)30)28-23-36(42)17-8-4-1-2-5-9-19-39-21-16-29(28)35(24-39)22-25-12-7-3-6-10-20-40(25)34(35)36/h1,4,7,11-14,23,25,29,34,38,41-42H,2-3,5-6,8-10,15-22,24H2/b4-1-,12-7-/t25-,29-,34+,35-,36-/m0/s1. The molecule has 222 valence electrons. The highest BCUT2D eigenvalue weighted by Gasteiger charge is 2.66. The van der Waals surface area contributed by atoms with Crippen LogP contribution in [0, 0.1) is 11.3 Å². The van der Waals surface area contributed by atoms with E-state index in [1.165, 1.54) is 43.2 Å². The highest BCUT2D eigenvalue weighted by Crippen LogP contribution is 2.60. The van der Waals surface area contributed by atoms with Crippen molar-refractivity contribution < 1.29 is 10.2 Å². The van der Waals surface area contributed by atoms with E-state index in [2.05, 4.69) is 51.2 Å². The number of fused-ring (bicyclic) bond motifs is 5. The molecule has 2 aromatic rings. The largest absolute Gasteiger partial charge is 0.506 e. The Bertz CT molecular complexity index is 1480. The summed E-state index contributed by atoms with van der Waals surface area (Å²) in [4.78, 5) is 14.3. The van der Waals surface area contributed by atoms with Crippen molar-refractivity contribution in [2.75, 3.05) is 32.7 Å². The third kappa shape index (κ3) is 4.20. The average molecular weight is 567 g/mol. The molecule has 6 aliphatic rings. The molecule has 3 N–H and O–H groups in total. The van der Waals surface area contributed by atoms with Crippen molar-refractivity contribution in [2.24, 2.45) is 16.3 Å². The fourth-order valence-corrected chi connectivity index (χ4v) is 9.91. The number of hydrogen-bond acceptors (Lipinski definition) is 5. The van der Waals surface area contributed by atoms with Crippen molar-refractivity contribution in [3.63, 3.8) is 0 Å². The second kappa shape index (κ2) is 10.5. The smallest absolute Gasteiger partial charge is 0.139 e. The quantitative estimate of drug-likeness (QED) is 0.376. The Hall–Kier alpha value is -2.67. The van der Waals surface area contributed by atoms with Crippen LogP contribution in [-0.2, 0) is 6.42 Å². The molecule has 1 unspecified atom stereocenters. The zero-order valence-electron chi connectivity index (χ0n) is 24.9.